The first-order chi connectivity index (χ1) is 22.5. The molecule has 3 nitrogen and oxygen atoms in total. The van der Waals surface area contributed by atoms with Gasteiger partial charge in [0.05, 0.1) is 5.69 Å². The van der Waals surface area contributed by atoms with Crippen LogP contribution in [-0.2, 0) is 5.41 Å². The van der Waals surface area contributed by atoms with Crippen molar-refractivity contribution in [1.82, 2.24) is 0 Å². The molecule has 9 aromatic rings. The maximum atomic E-state index is 6.31. The Morgan fingerprint density at radius 1 is 0.457 bits per heavy atom. The minimum absolute atomic E-state index is 0.103. The van der Waals surface area contributed by atoms with Gasteiger partial charge in [0.25, 0.3) is 0 Å². The van der Waals surface area contributed by atoms with E-state index >= 15 is 0 Å². The zero-order chi connectivity index (χ0) is 30.6. The van der Waals surface area contributed by atoms with Crippen LogP contribution in [-0.4, -0.2) is 0 Å². The number of nitrogens with zero attached hydrogens (tertiary/aromatic N) is 1. The van der Waals surface area contributed by atoms with Crippen LogP contribution in [0.5, 0.6) is 0 Å². The molecule has 0 aliphatic heterocycles. The predicted octanol–water partition coefficient (Wildman–Crippen LogP) is 12.4. The molecule has 0 saturated heterocycles. The predicted molar refractivity (Wildman–Crippen MR) is 191 cm³/mol. The highest BCUT2D eigenvalue weighted by Gasteiger charge is 2.37. The van der Waals surface area contributed by atoms with Crippen LogP contribution in [0.1, 0.15) is 25.0 Å². The largest absolute Gasteiger partial charge is 0.456 e. The van der Waals surface area contributed by atoms with Gasteiger partial charge in [-0.05, 0) is 88.1 Å². The van der Waals surface area contributed by atoms with Gasteiger partial charge in [0, 0.05) is 43.9 Å². The lowest BCUT2D eigenvalue weighted by molar-refractivity contribution is 0.660. The summed E-state index contributed by atoms with van der Waals surface area (Å²) in [5.74, 6) is 0. The van der Waals surface area contributed by atoms with Crippen molar-refractivity contribution in [2.75, 3.05) is 4.90 Å². The summed E-state index contributed by atoms with van der Waals surface area (Å²) in [4.78, 5) is 2.42. The second kappa shape index (κ2) is 9.12. The lowest BCUT2D eigenvalue weighted by atomic mass is 9.82. The topological polar surface area (TPSA) is 29.5 Å². The number of rotatable bonds is 3. The molecule has 46 heavy (non-hydrogen) atoms. The Labute approximate surface area is 265 Å². The number of benzene rings is 7. The number of hydrogen-bond donors (Lipinski definition) is 0. The minimum atomic E-state index is -0.103. The van der Waals surface area contributed by atoms with Crippen LogP contribution in [0.3, 0.4) is 0 Å². The van der Waals surface area contributed by atoms with E-state index in [9.17, 15) is 0 Å². The summed E-state index contributed by atoms with van der Waals surface area (Å²) in [6, 6.07) is 50.0. The maximum Gasteiger partial charge on any atom is 0.136 e. The van der Waals surface area contributed by atoms with Crippen molar-refractivity contribution in [2.45, 2.75) is 19.3 Å². The standard InChI is InChI=1S/C43H29NO2/c1-43(2)35-13-6-3-12-32(35)42-36(43)14-9-15-37(42)44(29-20-21-40-34(25-29)31-11-5-7-16-38(31)45-40)28-19-18-26-23-33-30-10-4-8-17-39(30)46-41(33)24-27(26)22-28/h3-25H,1-2H3. The monoisotopic (exact) mass is 591 g/mol. The molecule has 0 fully saturated rings. The molecule has 7 aromatic carbocycles. The molecule has 0 N–H and O–H groups in total. The van der Waals surface area contributed by atoms with E-state index in [1.54, 1.807) is 0 Å². The first-order valence-electron chi connectivity index (χ1n) is 15.8. The quantitative estimate of drug-likeness (QED) is 0.205. The normalized spacial score (nSPS) is 13.6. The van der Waals surface area contributed by atoms with E-state index in [1.807, 2.05) is 24.3 Å². The van der Waals surface area contributed by atoms with Gasteiger partial charge in [-0.1, -0.05) is 92.7 Å². The lowest BCUT2D eigenvalue weighted by Gasteiger charge is -2.29. The summed E-state index contributed by atoms with van der Waals surface area (Å²) in [7, 11) is 0. The summed E-state index contributed by atoms with van der Waals surface area (Å²) >= 11 is 0. The van der Waals surface area contributed by atoms with Gasteiger partial charge in [0.2, 0.25) is 0 Å². The second-order valence-electron chi connectivity index (χ2n) is 13.0. The third-order valence-corrected chi connectivity index (χ3v) is 10.0. The zero-order valence-electron chi connectivity index (χ0n) is 25.5. The highest BCUT2D eigenvalue weighted by atomic mass is 16.3. The van der Waals surface area contributed by atoms with E-state index in [0.29, 0.717) is 0 Å². The van der Waals surface area contributed by atoms with E-state index in [0.717, 1.165) is 66.3 Å². The van der Waals surface area contributed by atoms with E-state index in [4.69, 9.17) is 8.83 Å². The first-order valence-corrected chi connectivity index (χ1v) is 15.8. The zero-order valence-corrected chi connectivity index (χ0v) is 25.5. The summed E-state index contributed by atoms with van der Waals surface area (Å²) in [6.07, 6.45) is 0. The third-order valence-electron chi connectivity index (χ3n) is 10.0. The van der Waals surface area contributed by atoms with Crippen molar-refractivity contribution in [3.8, 4) is 11.1 Å². The molecule has 0 saturated carbocycles. The second-order valence-corrected chi connectivity index (χ2v) is 13.0. The van der Waals surface area contributed by atoms with E-state index in [2.05, 4.69) is 134 Å². The van der Waals surface area contributed by atoms with E-state index in [-0.39, 0.29) is 5.41 Å². The Kier molecular flexibility index (Phi) is 5.06. The number of furan rings is 2. The SMILES string of the molecule is CC1(C)c2ccccc2-c2c(N(c3ccc4cc5c(cc4c3)oc3ccccc35)c3ccc4oc5ccccc5c4c3)cccc21. The van der Waals surface area contributed by atoms with Crippen LogP contribution >= 0.6 is 0 Å². The van der Waals surface area contributed by atoms with Crippen LogP contribution in [0.2, 0.25) is 0 Å². The van der Waals surface area contributed by atoms with Crippen molar-refractivity contribution in [3.05, 3.63) is 151 Å². The molecule has 218 valence electrons. The van der Waals surface area contributed by atoms with Crippen molar-refractivity contribution in [2.24, 2.45) is 0 Å². The lowest BCUT2D eigenvalue weighted by Crippen LogP contribution is -2.16. The van der Waals surface area contributed by atoms with Crippen molar-refractivity contribution in [1.29, 1.82) is 0 Å². The first kappa shape index (κ1) is 25.5. The van der Waals surface area contributed by atoms with Gasteiger partial charge in [-0.3, -0.25) is 0 Å². The van der Waals surface area contributed by atoms with Gasteiger partial charge in [-0.25, -0.2) is 0 Å². The fourth-order valence-corrected chi connectivity index (χ4v) is 7.80. The highest BCUT2D eigenvalue weighted by Crippen LogP contribution is 2.54. The van der Waals surface area contributed by atoms with Crippen LogP contribution in [0, 0.1) is 0 Å². The molecule has 1 aliphatic carbocycles. The maximum absolute atomic E-state index is 6.31. The van der Waals surface area contributed by atoms with Gasteiger partial charge >= 0.3 is 0 Å². The molecular weight excluding hydrogens is 562 g/mol. The molecule has 0 amide bonds. The molecule has 10 rings (SSSR count). The Morgan fingerprint density at radius 2 is 1.09 bits per heavy atom. The minimum Gasteiger partial charge on any atom is -0.456 e. The molecule has 3 heteroatoms. The van der Waals surface area contributed by atoms with Crippen LogP contribution < -0.4 is 4.90 Å². The van der Waals surface area contributed by atoms with Gasteiger partial charge in [-0.2, -0.15) is 0 Å². The van der Waals surface area contributed by atoms with Crippen molar-refractivity contribution >= 4 is 71.7 Å². The Bertz CT molecular complexity index is 2690. The number of para-hydroxylation sites is 2. The van der Waals surface area contributed by atoms with E-state index in [1.165, 1.54) is 27.6 Å². The Hall–Kier alpha value is -5.80. The highest BCUT2D eigenvalue weighted by molar-refractivity contribution is 6.11. The summed E-state index contributed by atoms with van der Waals surface area (Å²) in [5, 5.41) is 6.84. The average molecular weight is 592 g/mol. The molecule has 0 unspecified atom stereocenters. The summed E-state index contributed by atoms with van der Waals surface area (Å²) in [5.41, 5.74) is 12.1. The van der Waals surface area contributed by atoms with Crippen molar-refractivity contribution in [3.63, 3.8) is 0 Å². The van der Waals surface area contributed by atoms with E-state index < -0.39 is 0 Å². The average Bonchev–Trinajstić information content (AvgIpc) is 3.71. The molecule has 0 atom stereocenters. The van der Waals surface area contributed by atoms with Gasteiger partial charge < -0.3 is 13.7 Å². The van der Waals surface area contributed by atoms with Gasteiger partial charge in [0.1, 0.15) is 22.3 Å². The van der Waals surface area contributed by atoms with Crippen LogP contribution in [0.15, 0.2) is 148 Å². The number of fused-ring (bicyclic) bond motifs is 10. The van der Waals surface area contributed by atoms with Gasteiger partial charge in [0.15, 0.2) is 0 Å². The molecule has 2 aromatic heterocycles. The third kappa shape index (κ3) is 3.48. The summed E-state index contributed by atoms with van der Waals surface area (Å²) < 4.78 is 12.5. The van der Waals surface area contributed by atoms with Gasteiger partial charge in [-0.15, -0.1) is 0 Å². The Morgan fingerprint density at radius 3 is 1.91 bits per heavy atom. The number of anilines is 3. The molecule has 2 heterocycles. The molecular formula is C43H29NO2. The Balaban J connectivity index is 1.25. The number of hydrogen-bond acceptors (Lipinski definition) is 3. The smallest absolute Gasteiger partial charge is 0.136 e. The fraction of sp³-hybridized carbons (Fsp3) is 0.0698. The molecule has 0 spiro atoms. The molecule has 0 bridgehead atoms. The molecule has 1 aliphatic rings. The summed E-state index contributed by atoms with van der Waals surface area (Å²) in [6.45, 7) is 4.67. The van der Waals surface area contributed by atoms with Crippen LogP contribution in [0.4, 0.5) is 17.1 Å². The van der Waals surface area contributed by atoms with Crippen LogP contribution in [0.25, 0.3) is 65.8 Å². The molecule has 0 radical (unpaired) electrons. The van der Waals surface area contributed by atoms with Crippen molar-refractivity contribution < 1.29 is 8.83 Å². The fourth-order valence-electron chi connectivity index (χ4n) is 7.80.